The summed E-state index contributed by atoms with van der Waals surface area (Å²) in [7, 11) is 0. The fourth-order valence-electron chi connectivity index (χ4n) is 1.12. The Balaban J connectivity index is 3.59. The molecule has 0 fully saturated rings. The quantitative estimate of drug-likeness (QED) is 0.518. The Hall–Kier alpha value is -0.780. The van der Waals surface area contributed by atoms with E-state index in [1.165, 1.54) is 12.8 Å². The molecule has 0 saturated carbocycles. The summed E-state index contributed by atoms with van der Waals surface area (Å²) in [4.78, 5) is 0. The maximum absolute atomic E-state index is 3.83. The van der Waals surface area contributed by atoms with Gasteiger partial charge in [0.05, 0.1) is 0 Å². The summed E-state index contributed by atoms with van der Waals surface area (Å²) in [6, 6.07) is 0. The first kappa shape index (κ1) is 11.2. The minimum absolute atomic E-state index is 0.650. The van der Waals surface area contributed by atoms with Gasteiger partial charge in [0.2, 0.25) is 0 Å². The fourth-order valence-corrected chi connectivity index (χ4v) is 1.12. The zero-order chi connectivity index (χ0) is 9.23. The first-order valence-electron chi connectivity index (χ1n) is 4.70. The molecule has 0 heteroatoms. The summed E-state index contributed by atoms with van der Waals surface area (Å²) in [5.74, 6) is 0.650. The molecule has 0 amide bonds. The largest absolute Gasteiger partial charge is 0.103 e. The molecular formula is C12H20. The maximum Gasteiger partial charge on any atom is -0.0199 e. The van der Waals surface area contributed by atoms with Crippen molar-refractivity contribution in [3.8, 4) is 0 Å². The Morgan fingerprint density at radius 1 is 1.17 bits per heavy atom. The third kappa shape index (κ3) is 5.96. The van der Waals surface area contributed by atoms with Crippen molar-refractivity contribution in [2.45, 2.75) is 33.1 Å². The van der Waals surface area contributed by atoms with Crippen LogP contribution in [-0.4, -0.2) is 0 Å². The first-order valence-corrected chi connectivity index (χ1v) is 4.70. The molecule has 0 radical (unpaired) electrons. The molecule has 0 aromatic carbocycles. The van der Waals surface area contributed by atoms with Gasteiger partial charge in [0.15, 0.2) is 0 Å². The van der Waals surface area contributed by atoms with E-state index in [1.54, 1.807) is 0 Å². The van der Waals surface area contributed by atoms with Crippen molar-refractivity contribution in [2.24, 2.45) is 5.92 Å². The predicted octanol–water partition coefficient (Wildman–Crippen LogP) is 4.11. The predicted molar refractivity (Wildman–Crippen MR) is 57.2 cm³/mol. The van der Waals surface area contributed by atoms with Crippen LogP contribution in [0.4, 0.5) is 0 Å². The van der Waals surface area contributed by atoms with Crippen molar-refractivity contribution in [1.29, 1.82) is 0 Å². The van der Waals surface area contributed by atoms with Gasteiger partial charge in [-0.05, 0) is 39.0 Å². The van der Waals surface area contributed by atoms with E-state index in [9.17, 15) is 0 Å². The van der Waals surface area contributed by atoms with Crippen LogP contribution in [0.1, 0.15) is 33.1 Å². The van der Waals surface area contributed by atoms with E-state index < -0.39 is 0 Å². The van der Waals surface area contributed by atoms with E-state index in [0.717, 1.165) is 6.42 Å². The van der Waals surface area contributed by atoms with E-state index in [-0.39, 0.29) is 0 Å². The second-order valence-electron chi connectivity index (χ2n) is 2.95. The van der Waals surface area contributed by atoms with Crippen LogP contribution in [0.15, 0.2) is 37.0 Å². The molecule has 0 aromatic rings. The highest BCUT2D eigenvalue weighted by molar-refractivity contribution is 4.90. The van der Waals surface area contributed by atoms with Crippen molar-refractivity contribution >= 4 is 0 Å². The summed E-state index contributed by atoms with van der Waals surface area (Å²) in [6.45, 7) is 7.96. The lowest BCUT2D eigenvalue weighted by molar-refractivity contribution is 0.607. The summed E-state index contributed by atoms with van der Waals surface area (Å²) in [6.07, 6.45) is 14.2. The topological polar surface area (TPSA) is 0 Å². The molecule has 1 unspecified atom stereocenters. The van der Waals surface area contributed by atoms with Crippen molar-refractivity contribution in [3.05, 3.63) is 37.0 Å². The van der Waals surface area contributed by atoms with Gasteiger partial charge in [-0.25, -0.2) is 0 Å². The van der Waals surface area contributed by atoms with Gasteiger partial charge in [-0.2, -0.15) is 0 Å². The minimum Gasteiger partial charge on any atom is -0.103 e. The van der Waals surface area contributed by atoms with E-state index in [4.69, 9.17) is 0 Å². The lowest BCUT2D eigenvalue weighted by atomic mass is 9.99. The Labute approximate surface area is 76.7 Å². The zero-order valence-electron chi connectivity index (χ0n) is 8.29. The van der Waals surface area contributed by atoms with Gasteiger partial charge in [-0.1, -0.05) is 30.4 Å². The number of allylic oxidation sites excluding steroid dienone is 5. The molecule has 0 aliphatic rings. The molecule has 12 heavy (non-hydrogen) atoms. The lowest BCUT2D eigenvalue weighted by Gasteiger charge is -2.06. The molecule has 0 spiro atoms. The Morgan fingerprint density at radius 2 is 1.83 bits per heavy atom. The molecule has 0 N–H and O–H groups in total. The summed E-state index contributed by atoms with van der Waals surface area (Å²) in [5, 5.41) is 0. The van der Waals surface area contributed by atoms with Crippen LogP contribution >= 0.6 is 0 Å². The van der Waals surface area contributed by atoms with Crippen LogP contribution < -0.4 is 0 Å². The molecule has 0 nitrogen and oxygen atoms in total. The second-order valence-corrected chi connectivity index (χ2v) is 2.95. The van der Waals surface area contributed by atoms with E-state index in [2.05, 4.69) is 50.8 Å². The smallest absolute Gasteiger partial charge is 0.0199 e. The Kier molecular flexibility index (Phi) is 7.78. The highest BCUT2D eigenvalue weighted by Crippen LogP contribution is 2.13. The summed E-state index contributed by atoms with van der Waals surface area (Å²) >= 11 is 0. The Bertz CT molecular complexity index is 151. The SMILES string of the molecule is C=CC(C/C=C/C)CC/C=C/C. The normalized spacial score (nSPS) is 14.2. The number of rotatable bonds is 6. The number of hydrogen-bond donors (Lipinski definition) is 0. The van der Waals surface area contributed by atoms with Crippen molar-refractivity contribution in [2.75, 3.05) is 0 Å². The molecule has 0 saturated heterocycles. The zero-order valence-corrected chi connectivity index (χ0v) is 8.29. The molecule has 0 bridgehead atoms. The maximum atomic E-state index is 3.83. The average Bonchev–Trinajstić information content (AvgIpc) is 2.11. The van der Waals surface area contributed by atoms with E-state index in [0.29, 0.717) is 5.92 Å². The van der Waals surface area contributed by atoms with Crippen LogP contribution in [-0.2, 0) is 0 Å². The molecule has 0 aliphatic carbocycles. The van der Waals surface area contributed by atoms with Gasteiger partial charge < -0.3 is 0 Å². The summed E-state index contributed by atoms with van der Waals surface area (Å²) < 4.78 is 0. The van der Waals surface area contributed by atoms with Gasteiger partial charge in [0.25, 0.3) is 0 Å². The average molecular weight is 164 g/mol. The molecule has 0 aromatic heterocycles. The van der Waals surface area contributed by atoms with Gasteiger partial charge in [0.1, 0.15) is 0 Å². The first-order chi connectivity index (χ1) is 5.85. The summed E-state index contributed by atoms with van der Waals surface area (Å²) in [5.41, 5.74) is 0. The van der Waals surface area contributed by atoms with Gasteiger partial charge >= 0.3 is 0 Å². The van der Waals surface area contributed by atoms with Gasteiger partial charge in [0, 0.05) is 0 Å². The van der Waals surface area contributed by atoms with Crippen LogP contribution in [0.25, 0.3) is 0 Å². The van der Waals surface area contributed by atoms with Crippen molar-refractivity contribution in [1.82, 2.24) is 0 Å². The van der Waals surface area contributed by atoms with Crippen LogP contribution in [0.5, 0.6) is 0 Å². The van der Waals surface area contributed by atoms with Crippen LogP contribution in [0.2, 0.25) is 0 Å². The van der Waals surface area contributed by atoms with Crippen LogP contribution in [0.3, 0.4) is 0 Å². The molecule has 0 heterocycles. The third-order valence-electron chi connectivity index (χ3n) is 1.95. The fraction of sp³-hybridized carbons (Fsp3) is 0.500. The van der Waals surface area contributed by atoms with Crippen molar-refractivity contribution in [3.63, 3.8) is 0 Å². The Morgan fingerprint density at radius 3 is 2.33 bits per heavy atom. The minimum atomic E-state index is 0.650. The molecule has 1 atom stereocenters. The number of hydrogen-bond acceptors (Lipinski definition) is 0. The molecular weight excluding hydrogens is 144 g/mol. The lowest BCUT2D eigenvalue weighted by Crippen LogP contribution is -1.92. The van der Waals surface area contributed by atoms with E-state index in [1.807, 2.05) is 0 Å². The molecule has 0 rings (SSSR count). The van der Waals surface area contributed by atoms with Crippen LogP contribution in [0, 0.1) is 5.92 Å². The standard InChI is InChI=1S/C12H20/c1-4-7-9-11-12(6-3)10-8-5-2/h4-8,12H,3,9-11H2,1-2H3/b7-4+,8-5+. The van der Waals surface area contributed by atoms with E-state index >= 15 is 0 Å². The third-order valence-corrected chi connectivity index (χ3v) is 1.95. The van der Waals surface area contributed by atoms with Gasteiger partial charge in [-0.3, -0.25) is 0 Å². The van der Waals surface area contributed by atoms with Crippen molar-refractivity contribution < 1.29 is 0 Å². The molecule has 0 aliphatic heterocycles. The second kappa shape index (κ2) is 8.32. The molecule has 68 valence electrons. The highest BCUT2D eigenvalue weighted by Gasteiger charge is 1.98. The monoisotopic (exact) mass is 164 g/mol. The van der Waals surface area contributed by atoms with Gasteiger partial charge in [-0.15, -0.1) is 6.58 Å². The highest BCUT2D eigenvalue weighted by atomic mass is 14.0.